The summed E-state index contributed by atoms with van der Waals surface area (Å²) < 4.78 is 0. The molecule has 8 nitrogen and oxygen atoms in total. The van der Waals surface area contributed by atoms with Crippen molar-refractivity contribution in [2.75, 3.05) is 0 Å². The Kier molecular flexibility index (Phi) is 7.64. The van der Waals surface area contributed by atoms with Crippen molar-refractivity contribution < 1.29 is 19.5 Å². The van der Waals surface area contributed by atoms with Gasteiger partial charge < -0.3 is 15.7 Å². The van der Waals surface area contributed by atoms with Gasteiger partial charge in [-0.15, -0.1) is 0 Å². The Morgan fingerprint density at radius 1 is 0.781 bits per heavy atom. The molecule has 32 heavy (non-hydrogen) atoms. The van der Waals surface area contributed by atoms with Gasteiger partial charge in [0.25, 0.3) is 11.8 Å². The lowest BCUT2D eigenvalue weighted by Gasteiger charge is -2.16. The number of aliphatic carboxylic acids is 1. The number of rotatable bonds is 9. The van der Waals surface area contributed by atoms with Gasteiger partial charge >= 0.3 is 5.97 Å². The van der Waals surface area contributed by atoms with Gasteiger partial charge in [0.1, 0.15) is 17.4 Å². The van der Waals surface area contributed by atoms with Gasteiger partial charge in [0.05, 0.1) is 0 Å². The van der Waals surface area contributed by atoms with E-state index in [-0.39, 0.29) is 24.1 Å². The van der Waals surface area contributed by atoms with Crippen LogP contribution in [0.2, 0.25) is 0 Å². The Morgan fingerprint density at radius 3 is 1.75 bits per heavy atom. The van der Waals surface area contributed by atoms with E-state index in [0.29, 0.717) is 12.1 Å². The van der Waals surface area contributed by atoms with Crippen LogP contribution in [0.1, 0.15) is 39.0 Å². The maximum atomic E-state index is 12.2. The molecular formula is C24H24N4O4. The Bertz CT molecular complexity index is 1060. The highest BCUT2D eigenvalue weighted by atomic mass is 16.4. The first-order valence-electron chi connectivity index (χ1n) is 10.2. The fourth-order valence-electron chi connectivity index (χ4n) is 3.18. The minimum atomic E-state index is -1.12. The Balaban J connectivity index is 1.56. The van der Waals surface area contributed by atoms with Gasteiger partial charge in [-0.25, -0.2) is 4.79 Å². The van der Waals surface area contributed by atoms with E-state index in [0.717, 1.165) is 11.1 Å². The third-order valence-electron chi connectivity index (χ3n) is 4.78. The average Bonchev–Trinajstić information content (AvgIpc) is 2.80. The summed E-state index contributed by atoms with van der Waals surface area (Å²) in [6, 6.07) is 16.3. The zero-order valence-electron chi connectivity index (χ0n) is 17.6. The van der Waals surface area contributed by atoms with Crippen LogP contribution in [0.3, 0.4) is 0 Å². The van der Waals surface area contributed by atoms with Crippen LogP contribution in [0.25, 0.3) is 0 Å². The highest BCUT2D eigenvalue weighted by molar-refractivity contribution is 5.95. The molecule has 1 aromatic carbocycles. The van der Waals surface area contributed by atoms with Gasteiger partial charge in [0.15, 0.2) is 0 Å². The molecule has 1 unspecified atom stereocenters. The first-order valence-corrected chi connectivity index (χ1v) is 10.2. The van der Waals surface area contributed by atoms with E-state index in [1.807, 2.05) is 31.2 Å². The van der Waals surface area contributed by atoms with E-state index in [2.05, 4.69) is 20.6 Å². The van der Waals surface area contributed by atoms with Crippen molar-refractivity contribution in [3.05, 3.63) is 95.6 Å². The number of pyridine rings is 2. The molecule has 0 spiro atoms. The van der Waals surface area contributed by atoms with Crippen LogP contribution in [0.15, 0.2) is 73.1 Å². The van der Waals surface area contributed by atoms with Gasteiger partial charge in [-0.1, -0.05) is 36.4 Å². The van der Waals surface area contributed by atoms with Crippen molar-refractivity contribution in [3.63, 3.8) is 0 Å². The number of carboxylic acids is 1. The molecule has 0 aliphatic carbocycles. The molecule has 3 N–H and O–H groups in total. The molecule has 0 aliphatic rings. The molecule has 0 aliphatic heterocycles. The number of hydrogen-bond acceptors (Lipinski definition) is 5. The second kappa shape index (κ2) is 10.8. The summed E-state index contributed by atoms with van der Waals surface area (Å²) in [6.07, 6.45) is 3.79. The molecule has 0 radical (unpaired) electrons. The second-order valence-electron chi connectivity index (χ2n) is 7.39. The molecule has 2 atom stereocenters. The third kappa shape index (κ3) is 6.46. The number of nitrogens with zero attached hydrogens (tertiary/aromatic N) is 2. The zero-order valence-corrected chi connectivity index (χ0v) is 17.6. The second-order valence-corrected chi connectivity index (χ2v) is 7.39. The largest absolute Gasteiger partial charge is 0.480 e. The molecule has 2 heterocycles. The summed E-state index contributed by atoms with van der Waals surface area (Å²) in [5, 5.41) is 14.9. The number of hydrogen-bond donors (Lipinski definition) is 3. The zero-order chi connectivity index (χ0) is 22.9. The van der Waals surface area contributed by atoms with Crippen LogP contribution in [0.4, 0.5) is 0 Å². The van der Waals surface area contributed by atoms with E-state index in [9.17, 15) is 19.5 Å². The van der Waals surface area contributed by atoms with E-state index in [1.165, 1.54) is 12.3 Å². The Morgan fingerprint density at radius 2 is 1.28 bits per heavy atom. The number of carbonyl (C=O) groups excluding carboxylic acids is 2. The van der Waals surface area contributed by atoms with Crippen LogP contribution < -0.4 is 10.6 Å². The fourth-order valence-corrected chi connectivity index (χ4v) is 3.18. The summed E-state index contributed by atoms with van der Waals surface area (Å²) in [6.45, 7) is 1.91. The van der Waals surface area contributed by atoms with Crippen molar-refractivity contribution in [2.45, 2.75) is 31.8 Å². The number of carbonyl (C=O) groups is 3. The molecule has 0 saturated carbocycles. The minimum absolute atomic E-state index is 0.111. The van der Waals surface area contributed by atoms with Crippen LogP contribution >= 0.6 is 0 Å². The van der Waals surface area contributed by atoms with Crippen molar-refractivity contribution in [2.24, 2.45) is 0 Å². The number of benzene rings is 1. The molecule has 2 aromatic heterocycles. The quantitative estimate of drug-likeness (QED) is 0.477. The summed E-state index contributed by atoms with van der Waals surface area (Å²) in [7, 11) is 0. The smallest absolute Gasteiger partial charge is 0.326 e. The molecule has 0 bridgehead atoms. The minimum Gasteiger partial charge on any atom is -0.480 e. The van der Waals surface area contributed by atoms with Crippen molar-refractivity contribution in [1.29, 1.82) is 0 Å². The number of carboxylic acid groups (broad SMARTS) is 1. The van der Waals surface area contributed by atoms with Crippen molar-refractivity contribution in [1.82, 2.24) is 20.6 Å². The number of amides is 2. The SMILES string of the molecule is C[C@@H](Cc1ccc(CC(NC(=O)c2ccccn2)C(=O)O)cc1)NC(=O)c1ccccn1. The lowest BCUT2D eigenvalue weighted by atomic mass is 10.0. The van der Waals surface area contributed by atoms with Crippen LogP contribution in [0, 0.1) is 0 Å². The maximum absolute atomic E-state index is 12.2. The highest BCUT2D eigenvalue weighted by Crippen LogP contribution is 2.10. The molecule has 8 heteroatoms. The van der Waals surface area contributed by atoms with Crippen LogP contribution in [0.5, 0.6) is 0 Å². The first-order chi connectivity index (χ1) is 15.4. The molecule has 0 fully saturated rings. The van der Waals surface area contributed by atoms with Crippen molar-refractivity contribution in [3.8, 4) is 0 Å². The molecular weight excluding hydrogens is 408 g/mol. The predicted octanol–water partition coefficient (Wildman–Crippen LogP) is 2.26. The van der Waals surface area contributed by atoms with E-state index in [4.69, 9.17) is 0 Å². The van der Waals surface area contributed by atoms with Crippen LogP contribution in [-0.2, 0) is 17.6 Å². The van der Waals surface area contributed by atoms with Gasteiger partial charge in [-0.2, -0.15) is 0 Å². The monoisotopic (exact) mass is 432 g/mol. The lowest BCUT2D eigenvalue weighted by molar-refractivity contribution is -0.139. The van der Waals surface area contributed by atoms with Gasteiger partial charge in [0, 0.05) is 24.9 Å². The molecule has 0 saturated heterocycles. The normalized spacial score (nSPS) is 12.4. The van der Waals surface area contributed by atoms with Gasteiger partial charge in [-0.05, 0) is 48.7 Å². The number of aromatic nitrogens is 2. The molecule has 2 amide bonds. The summed E-state index contributed by atoms with van der Waals surface area (Å²) >= 11 is 0. The average molecular weight is 432 g/mol. The van der Waals surface area contributed by atoms with Gasteiger partial charge in [-0.3, -0.25) is 19.6 Å². The predicted molar refractivity (Wildman–Crippen MR) is 118 cm³/mol. The molecule has 3 aromatic rings. The third-order valence-corrected chi connectivity index (χ3v) is 4.78. The lowest BCUT2D eigenvalue weighted by Crippen LogP contribution is -2.42. The van der Waals surface area contributed by atoms with E-state index >= 15 is 0 Å². The standard InChI is InChI=1S/C24H24N4O4/c1-16(27-22(29)19-6-2-4-12-25-19)14-17-8-10-18(11-9-17)15-21(24(31)32)28-23(30)20-7-3-5-13-26-20/h2-13,16,21H,14-15H2,1H3,(H,27,29)(H,28,30)(H,31,32)/t16-,21?/m0/s1. The Labute approximate surface area is 185 Å². The van der Waals surface area contributed by atoms with Gasteiger partial charge in [0.2, 0.25) is 0 Å². The topological polar surface area (TPSA) is 121 Å². The number of nitrogens with one attached hydrogen (secondary N) is 2. The maximum Gasteiger partial charge on any atom is 0.326 e. The summed E-state index contributed by atoms with van der Waals surface area (Å²) in [5.74, 6) is -1.89. The van der Waals surface area contributed by atoms with Crippen LogP contribution in [-0.4, -0.2) is 44.9 Å². The molecule has 3 rings (SSSR count). The molecule has 164 valence electrons. The fraction of sp³-hybridized carbons (Fsp3) is 0.208. The van der Waals surface area contributed by atoms with Crippen molar-refractivity contribution >= 4 is 17.8 Å². The highest BCUT2D eigenvalue weighted by Gasteiger charge is 2.21. The Hall–Kier alpha value is -4.07. The first kappa shape index (κ1) is 22.6. The summed E-state index contributed by atoms with van der Waals surface area (Å²) in [4.78, 5) is 44.0. The van der Waals surface area contributed by atoms with E-state index < -0.39 is 17.9 Å². The summed E-state index contributed by atoms with van der Waals surface area (Å²) in [5.41, 5.74) is 2.29. The van der Waals surface area contributed by atoms with E-state index in [1.54, 1.807) is 36.5 Å².